The Balaban J connectivity index is 2.95. The number of hydrogen-bond donors (Lipinski definition) is 2. The van der Waals surface area contributed by atoms with Crippen molar-refractivity contribution in [1.82, 2.24) is 4.72 Å². The molecule has 0 aliphatic rings. The molecule has 0 unspecified atom stereocenters. The van der Waals surface area contributed by atoms with Crippen LogP contribution in [0.1, 0.15) is 5.56 Å². The van der Waals surface area contributed by atoms with E-state index in [1.54, 1.807) is 12.1 Å². The smallest absolute Gasteiger partial charge is 0.240 e. The minimum atomic E-state index is -3.36. The van der Waals surface area contributed by atoms with E-state index < -0.39 is 10.0 Å². The highest BCUT2D eigenvalue weighted by Crippen LogP contribution is 2.10. The monoisotopic (exact) mass is 244 g/mol. The summed E-state index contributed by atoms with van der Waals surface area (Å²) in [6.07, 6.45) is 0.481. The summed E-state index contributed by atoms with van der Waals surface area (Å²) in [5.74, 6) is 0. The molecule has 0 amide bonds. The molecule has 0 heterocycles. The summed E-state index contributed by atoms with van der Waals surface area (Å²) >= 11 is 4.75. The third kappa shape index (κ3) is 3.26. The molecule has 0 aromatic heterocycles. The van der Waals surface area contributed by atoms with Gasteiger partial charge in [0.05, 0.1) is 9.88 Å². The van der Waals surface area contributed by atoms with Gasteiger partial charge in [0.15, 0.2) is 0 Å². The van der Waals surface area contributed by atoms with Crippen LogP contribution in [0, 0.1) is 0 Å². The summed E-state index contributed by atoms with van der Waals surface area (Å²) in [6, 6.07) is 6.45. The van der Waals surface area contributed by atoms with Crippen molar-refractivity contribution in [3.05, 3.63) is 29.8 Å². The Morgan fingerprint density at radius 1 is 1.40 bits per heavy atom. The number of nitrogens with two attached hydrogens (primary N) is 1. The summed E-state index contributed by atoms with van der Waals surface area (Å²) < 4.78 is 25.0. The van der Waals surface area contributed by atoms with Crippen molar-refractivity contribution < 1.29 is 8.42 Å². The van der Waals surface area contributed by atoms with E-state index in [2.05, 4.69) is 4.72 Å². The lowest BCUT2D eigenvalue weighted by Gasteiger charge is -2.03. The van der Waals surface area contributed by atoms with Gasteiger partial charge < -0.3 is 5.73 Å². The van der Waals surface area contributed by atoms with Gasteiger partial charge in [-0.25, -0.2) is 13.1 Å². The van der Waals surface area contributed by atoms with E-state index in [0.717, 1.165) is 5.56 Å². The van der Waals surface area contributed by atoms with E-state index in [1.807, 2.05) is 0 Å². The second-order valence-electron chi connectivity index (χ2n) is 2.99. The van der Waals surface area contributed by atoms with Crippen LogP contribution in [-0.4, -0.2) is 20.5 Å². The fraction of sp³-hybridized carbons (Fsp3) is 0.222. The van der Waals surface area contributed by atoms with Gasteiger partial charge in [0.25, 0.3) is 0 Å². The molecule has 0 saturated heterocycles. The third-order valence-electron chi connectivity index (χ3n) is 1.88. The van der Waals surface area contributed by atoms with Crippen molar-refractivity contribution >= 4 is 27.2 Å². The fourth-order valence-corrected chi connectivity index (χ4v) is 2.00. The first-order chi connectivity index (χ1) is 6.95. The van der Waals surface area contributed by atoms with Crippen molar-refractivity contribution in [2.45, 2.75) is 11.3 Å². The topological polar surface area (TPSA) is 72.2 Å². The van der Waals surface area contributed by atoms with E-state index >= 15 is 0 Å². The summed E-state index contributed by atoms with van der Waals surface area (Å²) in [4.78, 5) is 0.621. The average Bonchev–Trinajstić information content (AvgIpc) is 2.18. The molecule has 15 heavy (non-hydrogen) atoms. The molecule has 0 spiro atoms. The van der Waals surface area contributed by atoms with Crippen LogP contribution in [0.3, 0.4) is 0 Å². The SMILES string of the molecule is CNS(=O)(=O)c1ccc(CC(N)=S)cc1. The van der Waals surface area contributed by atoms with Crippen LogP contribution in [0.5, 0.6) is 0 Å². The maximum atomic E-state index is 11.4. The van der Waals surface area contributed by atoms with Crippen LogP contribution in [0.2, 0.25) is 0 Å². The quantitative estimate of drug-likeness (QED) is 0.753. The van der Waals surface area contributed by atoms with Crippen LogP contribution in [0.4, 0.5) is 0 Å². The van der Waals surface area contributed by atoms with Crippen LogP contribution in [0.25, 0.3) is 0 Å². The normalized spacial score (nSPS) is 11.3. The molecule has 0 aliphatic heterocycles. The van der Waals surface area contributed by atoms with Gasteiger partial charge in [0, 0.05) is 6.42 Å². The van der Waals surface area contributed by atoms with Crippen LogP contribution >= 0.6 is 12.2 Å². The molecule has 0 atom stereocenters. The summed E-state index contributed by atoms with van der Waals surface area (Å²) in [5, 5.41) is 0. The first-order valence-electron chi connectivity index (χ1n) is 4.26. The summed E-state index contributed by atoms with van der Waals surface area (Å²) in [7, 11) is -1.98. The number of thiocarbonyl (C=S) groups is 1. The zero-order valence-electron chi connectivity index (χ0n) is 8.23. The Kier molecular flexibility index (Phi) is 3.78. The van der Waals surface area contributed by atoms with Crippen LogP contribution in [-0.2, 0) is 16.4 Å². The van der Waals surface area contributed by atoms with Gasteiger partial charge in [-0.3, -0.25) is 0 Å². The maximum absolute atomic E-state index is 11.4. The first kappa shape index (κ1) is 12.1. The zero-order valence-corrected chi connectivity index (χ0v) is 9.86. The second-order valence-corrected chi connectivity index (χ2v) is 5.41. The number of sulfonamides is 1. The predicted octanol–water partition coefficient (Wildman–Crippen LogP) is 0.423. The maximum Gasteiger partial charge on any atom is 0.240 e. The molecule has 1 rings (SSSR count). The van der Waals surface area contributed by atoms with Crippen molar-refractivity contribution in [3.63, 3.8) is 0 Å². The highest BCUT2D eigenvalue weighted by Gasteiger charge is 2.10. The highest BCUT2D eigenvalue weighted by atomic mass is 32.2. The van der Waals surface area contributed by atoms with Crippen molar-refractivity contribution in [2.24, 2.45) is 5.73 Å². The van der Waals surface area contributed by atoms with Crippen molar-refractivity contribution in [1.29, 1.82) is 0 Å². The molecule has 3 N–H and O–H groups in total. The molecule has 0 bridgehead atoms. The van der Waals surface area contributed by atoms with Crippen molar-refractivity contribution in [3.8, 4) is 0 Å². The molecule has 0 aliphatic carbocycles. The van der Waals surface area contributed by atoms with Gasteiger partial charge in [0.2, 0.25) is 10.0 Å². The van der Waals surface area contributed by atoms with E-state index in [9.17, 15) is 8.42 Å². The molecule has 1 aromatic rings. The average molecular weight is 244 g/mol. The van der Waals surface area contributed by atoms with Gasteiger partial charge >= 0.3 is 0 Å². The standard InChI is InChI=1S/C9H12N2O2S2/c1-11-15(12,13)8-4-2-7(3-5-8)6-9(10)14/h2-5,11H,6H2,1H3,(H2,10,14). The van der Waals surface area contributed by atoms with E-state index in [1.165, 1.54) is 19.2 Å². The van der Waals surface area contributed by atoms with E-state index in [-0.39, 0.29) is 4.90 Å². The molecule has 6 heteroatoms. The second kappa shape index (κ2) is 4.69. The Labute approximate surface area is 94.5 Å². The largest absolute Gasteiger partial charge is 0.393 e. The van der Waals surface area contributed by atoms with Gasteiger partial charge in [-0.05, 0) is 24.7 Å². The minimum absolute atomic E-state index is 0.233. The van der Waals surface area contributed by atoms with Gasteiger partial charge in [-0.1, -0.05) is 24.4 Å². The number of benzene rings is 1. The molecule has 4 nitrogen and oxygen atoms in total. The molecule has 0 radical (unpaired) electrons. The lowest BCUT2D eigenvalue weighted by molar-refractivity contribution is 0.588. The number of hydrogen-bond acceptors (Lipinski definition) is 3. The number of nitrogens with one attached hydrogen (secondary N) is 1. The first-order valence-corrected chi connectivity index (χ1v) is 6.15. The number of rotatable bonds is 4. The molecule has 0 fully saturated rings. The van der Waals surface area contributed by atoms with Gasteiger partial charge in [0.1, 0.15) is 0 Å². The van der Waals surface area contributed by atoms with E-state index in [0.29, 0.717) is 11.4 Å². The lowest BCUT2D eigenvalue weighted by atomic mass is 10.1. The Bertz CT molecular complexity index is 452. The predicted molar refractivity (Wildman–Crippen MR) is 63.2 cm³/mol. The summed E-state index contributed by atoms with van der Waals surface area (Å²) in [6.45, 7) is 0. The Hall–Kier alpha value is -0.980. The minimum Gasteiger partial charge on any atom is -0.393 e. The molecule has 0 saturated carbocycles. The molecular formula is C9H12N2O2S2. The van der Waals surface area contributed by atoms with Gasteiger partial charge in [-0.2, -0.15) is 0 Å². The highest BCUT2D eigenvalue weighted by molar-refractivity contribution is 7.89. The fourth-order valence-electron chi connectivity index (χ4n) is 1.11. The summed E-state index contributed by atoms with van der Waals surface area (Å²) in [5.41, 5.74) is 6.28. The Morgan fingerprint density at radius 2 is 1.93 bits per heavy atom. The van der Waals surface area contributed by atoms with Gasteiger partial charge in [-0.15, -0.1) is 0 Å². The molecule has 82 valence electrons. The molecular weight excluding hydrogens is 232 g/mol. The zero-order chi connectivity index (χ0) is 11.5. The third-order valence-corrected chi connectivity index (χ3v) is 3.46. The Morgan fingerprint density at radius 3 is 2.33 bits per heavy atom. The van der Waals surface area contributed by atoms with Crippen LogP contribution < -0.4 is 10.5 Å². The van der Waals surface area contributed by atoms with Crippen LogP contribution in [0.15, 0.2) is 29.2 Å². The lowest BCUT2D eigenvalue weighted by Crippen LogP contribution is -2.18. The van der Waals surface area contributed by atoms with E-state index in [4.69, 9.17) is 18.0 Å². The van der Waals surface area contributed by atoms with Crippen molar-refractivity contribution in [2.75, 3.05) is 7.05 Å². The molecule has 1 aromatic carbocycles.